The number of ether oxygens (including phenoxy) is 1. The summed E-state index contributed by atoms with van der Waals surface area (Å²) in [5.41, 5.74) is 1.37. The van der Waals surface area contributed by atoms with Crippen molar-refractivity contribution in [2.45, 2.75) is 71.2 Å². The van der Waals surface area contributed by atoms with Crippen LogP contribution in [-0.4, -0.2) is 62.0 Å². The lowest BCUT2D eigenvalue weighted by atomic mass is 10.0. The number of para-hydroxylation sites is 1. The first-order chi connectivity index (χ1) is 20.4. The van der Waals surface area contributed by atoms with Crippen molar-refractivity contribution in [3.63, 3.8) is 0 Å². The first-order valence-corrected chi connectivity index (χ1v) is 14.2. The Labute approximate surface area is 247 Å². The molecule has 0 aliphatic carbocycles. The van der Waals surface area contributed by atoms with Crippen LogP contribution in [0.5, 0.6) is 0 Å². The fraction of sp³-hybridized carbons (Fsp3) is 0.419. The first kappa shape index (κ1) is 30.1. The SMILES string of the molecule is CC(C)(C)OC(=O)N[C@@H](CC(=O)N1Cc2ccccc2-n2cnc(C(=O)N3CCCC3)c2C1)Cc1cc(F)c(F)cc1F. The van der Waals surface area contributed by atoms with Gasteiger partial charge in [-0.1, -0.05) is 18.2 Å². The van der Waals surface area contributed by atoms with Crippen molar-refractivity contribution in [1.82, 2.24) is 24.7 Å². The van der Waals surface area contributed by atoms with Gasteiger partial charge in [-0.15, -0.1) is 0 Å². The summed E-state index contributed by atoms with van der Waals surface area (Å²) in [7, 11) is 0. The number of aromatic nitrogens is 2. The predicted octanol–water partition coefficient (Wildman–Crippen LogP) is 4.89. The average molecular weight is 598 g/mol. The van der Waals surface area contributed by atoms with Crippen molar-refractivity contribution >= 4 is 17.9 Å². The van der Waals surface area contributed by atoms with Crippen LogP contribution in [0.15, 0.2) is 42.7 Å². The highest BCUT2D eigenvalue weighted by molar-refractivity contribution is 5.94. The smallest absolute Gasteiger partial charge is 0.407 e. The minimum Gasteiger partial charge on any atom is -0.444 e. The van der Waals surface area contributed by atoms with Gasteiger partial charge in [-0.25, -0.2) is 22.9 Å². The highest BCUT2D eigenvalue weighted by Crippen LogP contribution is 2.28. The molecule has 1 fully saturated rings. The third kappa shape index (κ3) is 6.84. The number of alkyl carbamates (subject to hydrolysis) is 1. The number of halogens is 3. The Kier molecular flexibility index (Phi) is 8.48. The van der Waals surface area contributed by atoms with E-state index < -0.39 is 41.1 Å². The maximum absolute atomic E-state index is 14.6. The summed E-state index contributed by atoms with van der Waals surface area (Å²) in [6.45, 7) is 6.54. The van der Waals surface area contributed by atoms with Gasteiger partial charge in [0.25, 0.3) is 5.91 Å². The van der Waals surface area contributed by atoms with Crippen LogP contribution in [0, 0.1) is 17.5 Å². The predicted molar refractivity (Wildman–Crippen MR) is 151 cm³/mol. The molecule has 0 unspecified atom stereocenters. The zero-order chi connectivity index (χ0) is 30.9. The molecule has 12 heteroatoms. The molecule has 1 atom stereocenters. The van der Waals surface area contributed by atoms with Crippen LogP contribution in [0.2, 0.25) is 0 Å². The van der Waals surface area contributed by atoms with E-state index in [1.165, 1.54) is 0 Å². The van der Waals surface area contributed by atoms with E-state index in [2.05, 4.69) is 10.3 Å². The second-order valence-corrected chi connectivity index (χ2v) is 11.9. The third-order valence-electron chi connectivity index (χ3n) is 7.47. The van der Waals surface area contributed by atoms with Crippen molar-refractivity contribution in [3.8, 4) is 5.69 Å². The van der Waals surface area contributed by atoms with Crippen LogP contribution in [0.25, 0.3) is 5.69 Å². The van der Waals surface area contributed by atoms with Crippen LogP contribution in [0.3, 0.4) is 0 Å². The van der Waals surface area contributed by atoms with E-state index in [0.717, 1.165) is 30.2 Å². The molecule has 228 valence electrons. The topological polar surface area (TPSA) is 96.8 Å². The van der Waals surface area contributed by atoms with E-state index in [1.807, 2.05) is 28.8 Å². The van der Waals surface area contributed by atoms with Gasteiger partial charge >= 0.3 is 6.09 Å². The van der Waals surface area contributed by atoms with E-state index in [4.69, 9.17) is 4.74 Å². The lowest BCUT2D eigenvalue weighted by molar-refractivity contribution is -0.133. The van der Waals surface area contributed by atoms with Gasteiger partial charge in [0.05, 0.1) is 17.9 Å². The van der Waals surface area contributed by atoms with Crippen LogP contribution < -0.4 is 5.32 Å². The molecule has 5 rings (SSSR count). The molecule has 0 bridgehead atoms. The maximum atomic E-state index is 14.6. The standard InChI is InChI=1S/C31H34F3N5O4/c1-31(2,3)43-30(42)36-21(12-20-13-23(33)24(34)15-22(20)32)14-27(40)38-16-19-8-4-5-9-25(19)39-18-35-28(26(39)17-38)29(41)37-10-6-7-11-37/h4-5,8-9,13,15,18,21H,6-7,10-12,14,16-17H2,1-3H3,(H,36,42)/t21-/m1/s1. The highest BCUT2D eigenvalue weighted by Gasteiger charge is 2.32. The van der Waals surface area contributed by atoms with Crippen LogP contribution >= 0.6 is 0 Å². The summed E-state index contributed by atoms with van der Waals surface area (Å²) in [4.78, 5) is 47.7. The number of fused-ring (bicyclic) bond motifs is 3. The number of hydrogen-bond acceptors (Lipinski definition) is 5. The molecule has 2 aromatic carbocycles. The van der Waals surface area contributed by atoms with Gasteiger partial charge in [0.2, 0.25) is 5.91 Å². The quantitative estimate of drug-likeness (QED) is 0.408. The zero-order valence-corrected chi connectivity index (χ0v) is 24.3. The first-order valence-electron chi connectivity index (χ1n) is 14.2. The average Bonchev–Trinajstić information content (AvgIpc) is 3.58. The van der Waals surface area contributed by atoms with Crippen molar-refractivity contribution in [2.75, 3.05) is 13.1 Å². The Morgan fingerprint density at radius 1 is 0.977 bits per heavy atom. The van der Waals surface area contributed by atoms with E-state index in [9.17, 15) is 27.6 Å². The number of benzene rings is 2. The number of amides is 3. The molecule has 9 nitrogen and oxygen atoms in total. The van der Waals surface area contributed by atoms with Crippen molar-refractivity contribution in [1.29, 1.82) is 0 Å². The summed E-state index contributed by atoms with van der Waals surface area (Å²) in [5, 5.41) is 2.60. The van der Waals surface area contributed by atoms with Gasteiger partial charge in [-0.3, -0.25) is 9.59 Å². The van der Waals surface area contributed by atoms with Crippen molar-refractivity contribution in [3.05, 3.63) is 82.7 Å². The molecule has 3 heterocycles. The molecule has 0 saturated carbocycles. The minimum absolute atomic E-state index is 0.0567. The van der Waals surface area contributed by atoms with Crippen LogP contribution in [0.1, 0.15) is 67.3 Å². The summed E-state index contributed by atoms with van der Waals surface area (Å²) >= 11 is 0. The molecule has 1 N–H and O–H groups in total. The van der Waals surface area contributed by atoms with Gasteiger partial charge in [-0.2, -0.15) is 0 Å². The normalized spacial score (nSPS) is 15.4. The largest absolute Gasteiger partial charge is 0.444 e. The van der Waals surface area contributed by atoms with Gasteiger partial charge in [0, 0.05) is 38.2 Å². The number of hydrogen-bond donors (Lipinski definition) is 1. The number of nitrogens with one attached hydrogen (secondary N) is 1. The molecular formula is C31H34F3N5O4. The second kappa shape index (κ2) is 12.1. The zero-order valence-electron chi connectivity index (χ0n) is 24.3. The summed E-state index contributed by atoms with van der Waals surface area (Å²) < 4.78 is 49.3. The monoisotopic (exact) mass is 597 g/mol. The number of likely N-dealkylation sites (tertiary alicyclic amines) is 1. The maximum Gasteiger partial charge on any atom is 0.407 e. The number of imidazole rings is 1. The molecule has 3 amide bonds. The second-order valence-electron chi connectivity index (χ2n) is 11.9. The van der Waals surface area contributed by atoms with E-state index in [-0.39, 0.29) is 43.1 Å². The summed E-state index contributed by atoms with van der Waals surface area (Å²) in [5.74, 6) is -4.19. The summed E-state index contributed by atoms with van der Waals surface area (Å²) in [6, 6.07) is 7.60. The van der Waals surface area contributed by atoms with Crippen LogP contribution in [-0.2, 0) is 29.0 Å². The Hall–Kier alpha value is -4.35. The summed E-state index contributed by atoms with van der Waals surface area (Å²) in [6.07, 6.45) is 1.98. The van der Waals surface area contributed by atoms with E-state index in [1.54, 1.807) is 36.9 Å². The van der Waals surface area contributed by atoms with E-state index in [0.29, 0.717) is 24.8 Å². The molecule has 0 radical (unpaired) electrons. The van der Waals surface area contributed by atoms with Gasteiger partial charge in [0.15, 0.2) is 17.3 Å². The lowest BCUT2D eigenvalue weighted by Crippen LogP contribution is -2.43. The molecular weight excluding hydrogens is 563 g/mol. The molecule has 3 aromatic rings. The number of rotatable bonds is 6. The van der Waals surface area contributed by atoms with Gasteiger partial charge in [0.1, 0.15) is 17.7 Å². The third-order valence-corrected chi connectivity index (χ3v) is 7.47. The fourth-order valence-electron chi connectivity index (χ4n) is 5.45. The molecule has 2 aliphatic rings. The Bertz CT molecular complexity index is 1540. The van der Waals surface area contributed by atoms with Gasteiger partial charge < -0.3 is 24.4 Å². The van der Waals surface area contributed by atoms with Crippen LogP contribution in [0.4, 0.5) is 18.0 Å². The van der Waals surface area contributed by atoms with E-state index >= 15 is 0 Å². The number of carbonyl (C=O) groups is 3. The van der Waals surface area contributed by atoms with Crippen molar-refractivity contribution in [2.24, 2.45) is 0 Å². The van der Waals surface area contributed by atoms with Gasteiger partial charge in [-0.05, 0) is 63.3 Å². The molecule has 2 aliphatic heterocycles. The molecule has 1 saturated heterocycles. The fourth-order valence-corrected chi connectivity index (χ4v) is 5.45. The molecule has 43 heavy (non-hydrogen) atoms. The minimum atomic E-state index is -1.34. The number of carbonyl (C=O) groups excluding carboxylic acids is 3. The molecule has 0 spiro atoms. The Balaban J connectivity index is 1.44. The highest BCUT2D eigenvalue weighted by atomic mass is 19.2. The Morgan fingerprint density at radius 3 is 2.40 bits per heavy atom. The Morgan fingerprint density at radius 2 is 1.67 bits per heavy atom. The lowest BCUT2D eigenvalue weighted by Gasteiger charge is -2.27. The molecule has 1 aromatic heterocycles. The number of nitrogens with zero attached hydrogens (tertiary/aromatic N) is 4. The van der Waals surface area contributed by atoms with Crippen molar-refractivity contribution < 1.29 is 32.3 Å².